The monoisotopic (exact) mass is 437 g/mol. The van der Waals surface area contributed by atoms with Gasteiger partial charge in [-0.2, -0.15) is 0 Å². The maximum atomic E-state index is 13.0. The molecule has 0 N–H and O–H groups in total. The normalized spacial score (nSPS) is 15.0. The molecule has 1 amide bonds. The third kappa shape index (κ3) is 4.37. The number of halogens is 1. The Balaban J connectivity index is 1.51. The molecule has 0 aromatic heterocycles. The quantitative estimate of drug-likeness (QED) is 0.360. The summed E-state index contributed by atoms with van der Waals surface area (Å²) in [6, 6.07) is 20.3. The van der Waals surface area contributed by atoms with Crippen molar-refractivity contribution < 1.29 is 18.7 Å². The second kappa shape index (κ2) is 8.69. The van der Waals surface area contributed by atoms with Crippen molar-refractivity contribution in [2.75, 3.05) is 12.0 Å². The fraction of sp³-hybridized carbons (Fsp3) is 0.0435. The van der Waals surface area contributed by atoms with Crippen LogP contribution in [0.2, 0.25) is 0 Å². The molecule has 0 radical (unpaired) electrons. The molecule has 4 nitrogen and oxygen atoms in total. The summed E-state index contributed by atoms with van der Waals surface area (Å²) in [6.45, 7) is 0. The molecule has 1 fully saturated rings. The highest BCUT2D eigenvalue weighted by Crippen LogP contribution is 2.37. The molecule has 0 spiro atoms. The number of benzene rings is 3. The van der Waals surface area contributed by atoms with E-state index >= 15 is 0 Å². The van der Waals surface area contributed by atoms with Gasteiger partial charge < -0.3 is 9.47 Å². The standard InChI is InChI=1S/C23H16FNO3S2/c1-27-20-4-2-3-17(14-20)25-22(26)21(30-23(25)29)13-15-5-9-18(10-6-15)28-19-11-7-16(24)8-12-19/h2-14H,1H3. The van der Waals surface area contributed by atoms with Crippen LogP contribution in [0.15, 0.2) is 77.7 Å². The highest BCUT2D eigenvalue weighted by molar-refractivity contribution is 8.27. The van der Waals surface area contributed by atoms with Crippen molar-refractivity contribution in [3.8, 4) is 17.2 Å². The van der Waals surface area contributed by atoms with Gasteiger partial charge in [-0.05, 0) is 60.2 Å². The zero-order chi connectivity index (χ0) is 21.1. The molecule has 0 aliphatic carbocycles. The number of nitrogens with zero attached hydrogens (tertiary/aromatic N) is 1. The van der Waals surface area contributed by atoms with Gasteiger partial charge in [-0.25, -0.2) is 4.39 Å². The number of thiocarbonyl (C=S) groups is 1. The first-order valence-corrected chi connectivity index (χ1v) is 10.2. The van der Waals surface area contributed by atoms with Gasteiger partial charge in [0.15, 0.2) is 4.32 Å². The SMILES string of the molecule is COc1cccc(N2C(=O)C(=Cc3ccc(Oc4ccc(F)cc4)cc3)SC2=S)c1. The number of hydrogen-bond donors (Lipinski definition) is 0. The van der Waals surface area contributed by atoms with E-state index in [1.54, 1.807) is 43.5 Å². The maximum absolute atomic E-state index is 13.0. The first-order valence-electron chi connectivity index (χ1n) is 8.99. The number of rotatable bonds is 5. The lowest BCUT2D eigenvalue weighted by Gasteiger charge is -2.15. The second-order valence-electron chi connectivity index (χ2n) is 6.34. The van der Waals surface area contributed by atoms with E-state index < -0.39 is 0 Å². The van der Waals surface area contributed by atoms with Gasteiger partial charge in [-0.15, -0.1) is 0 Å². The van der Waals surface area contributed by atoms with E-state index in [9.17, 15) is 9.18 Å². The Morgan fingerprint density at radius 3 is 2.30 bits per heavy atom. The lowest BCUT2D eigenvalue weighted by Crippen LogP contribution is -2.27. The summed E-state index contributed by atoms with van der Waals surface area (Å²) in [4.78, 5) is 14.9. The van der Waals surface area contributed by atoms with Crippen LogP contribution in [0.5, 0.6) is 17.2 Å². The Hall–Kier alpha value is -3.16. The molecule has 1 heterocycles. The molecule has 0 bridgehead atoms. The highest BCUT2D eigenvalue weighted by Gasteiger charge is 2.33. The Morgan fingerprint density at radius 1 is 0.967 bits per heavy atom. The molecule has 0 atom stereocenters. The molecular weight excluding hydrogens is 421 g/mol. The summed E-state index contributed by atoms with van der Waals surface area (Å²) in [5, 5.41) is 0. The highest BCUT2D eigenvalue weighted by atomic mass is 32.2. The van der Waals surface area contributed by atoms with Crippen molar-refractivity contribution in [1.29, 1.82) is 0 Å². The fourth-order valence-corrected chi connectivity index (χ4v) is 4.16. The zero-order valence-corrected chi connectivity index (χ0v) is 17.5. The predicted molar refractivity (Wildman–Crippen MR) is 122 cm³/mol. The molecule has 7 heteroatoms. The minimum Gasteiger partial charge on any atom is -0.497 e. The lowest BCUT2D eigenvalue weighted by molar-refractivity contribution is -0.113. The Kier molecular flexibility index (Phi) is 5.83. The molecule has 0 unspecified atom stereocenters. The molecule has 3 aromatic carbocycles. The van der Waals surface area contributed by atoms with E-state index in [-0.39, 0.29) is 11.7 Å². The number of methoxy groups -OCH3 is 1. The third-order valence-electron chi connectivity index (χ3n) is 4.33. The van der Waals surface area contributed by atoms with Crippen molar-refractivity contribution in [2.45, 2.75) is 0 Å². The first-order chi connectivity index (χ1) is 14.5. The van der Waals surface area contributed by atoms with Crippen LogP contribution in [0, 0.1) is 5.82 Å². The Morgan fingerprint density at radius 2 is 1.63 bits per heavy atom. The largest absolute Gasteiger partial charge is 0.497 e. The van der Waals surface area contributed by atoms with Crippen molar-refractivity contribution in [3.05, 3.63) is 89.1 Å². The number of hydrogen-bond acceptors (Lipinski definition) is 5. The van der Waals surface area contributed by atoms with Crippen LogP contribution in [-0.2, 0) is 4.79 Å². The summed E-state index contributed by atoms with van der Waals surface area (Å²) in [6.07, 6.45) is 1.79. The second-order valence-corrected chi connectivity index (χ2v) is 8.02. The van der Waals surface area contributed by atoms with E-state index in [2.05, 4.69) is 0 Å². The minimum absolute atomic E-state index is 0.176. The summed E-state index contributed by atoms with van der Waals surface area (Å²) < 4.78 is 24.4. The van der Waals surface area contributed by atoms with Crippen molar-refractivity contribution in [3.63, 3.8) is 0 Å². The van der Waals surface area contributed by atoms with Crippen molar-refractivity contribution in [1.82, 2.24) is 0 Å². The van der Waals surface area contributed by atoms with E-state index in [0.29, 0.717) is 32.2 Å². The summed E-state index contributed by atoms with van der Waals surface area (Å²) in [5.41, 5.74) is 1.51. The van der Waals surface area contributed by atoms with Crippen LogP contribution in [0.3, 0.4) is 0 Å². The summed E-state index contributed by atoms with van der Waals surface area (Å²) in [7, 11) is 1.58. The van der Waals surface area contributed by atoms with Crippen LogP contribution in [0.25, 0.3) is 6.08 Å². The smallest absolute Gasteiger partial charge is 0.270 e. The van der Waals surface area contributed by atoms with Crippen LogP contribution in [-0.4, -0.2) is 17.3 Å². The number of thioether (sulfide) groups is 1. The van der Waals surface area contributed by atoms with Crippen LogP contribution < -0.4 is 14.4 Å². The average Bonchev–Trinajstić information content (AvgIpc) is 3.04. The van der Waals surface area contributed by atoms with Crippen molar-refractivity contribution >= 4 is 46.0 Å². The average molecular weight is 438 g/mol. The van der Waals surface area contributed by atoms with Crippen LogP contribution in [0.1, 0.15) is 5.56 Å². The van der Waals surface area contributed by atoms with Gasteiger partial charge in [-0.1, -0.05) is 42.2 Å². The molecule has 1 saturated heterocycles. The van der Waals surface area contributed by atoms with Gasteiger partial charge in [0.2, 0.25) is 0 Å². The topological polar surface area (TPSA) is 38.8 Å². The van der Waals surface area contributed by atoms with E-state index in [1.165, 1.54) is 28.8 Å². The zero-order valence-electron chi connectivity index (χ0n) is 15.9. The molecule has 4 rings (SSSR count). The van der Waals surface area contributed by atoms with Gasteiger partial charge in [-0.3, -0.25) is 9.69 Å². The van der Waals surface area contributed by atoms with Gasteiger partial charge in [0, 0.05) is 6.07 Å². The number of ether oxygens (including phenoxy) is 2. The molecule has 1 aliphatic heterocycles. The molecule has 1 aliphatic rings. The fourth-order valence-electron chi connectivity index (χ4n) is 2.86. The number of carbonyl (C=O) groups is 1. The molecule has 0 saturated carbocycles. The Bertz CT molecular complexity index is 1130. The van der Waals surface area contributed by atoms with Gasteiger partial charge in [0.25, 0.3) is 5.91 Å². The lowest BCUT2D eigenvalue weighted by atomic mass is 10.2. The molecule has 150 valence electrons. The summed E-state index contributed by atoms with van der Waals surface area (Å²) in [5.74, 6) is 1.32. The predicted octanol–water partition coefficient (Wildman–Crippen LogP) is 6.03. The van der Waals surface area contributed by atoms with E-state index in [1.807, 2.05) is 30.3 Å². The maximum Gasteiger partial charge on any atom is 0.270 e. The van der Waals surface area contributed by atoms with Crippen LogP contribution >= 0.6 is 24.0 Å². The molecule has 30 heavy (non-hydrogen) atoms. The van der Waals surface area contributed by atoms with Gasteiger partial charge >= 0.3 is 0 Å². The number of carbonyl (C=O) groups excluding carboxylic acids is 1. The third-order valence-corrected chi connectivity index (χ3v) is 5.63. The van der Waals surface area contributed by atoms with Crippen molar-refractivity contribution in [2.24, 2.45) is 0 Å². The minimum atomic E-state index is -0.316. The van der Waals surface area contributed by atoms with Crippen LogP contribution in [0.4, 0.5) is 10.1 Å². The van der Waals surface area contributed by atoms with E-state index in [0.717, 1.165) is 5.56 Å². The molecular formula is C23H16FNO3S2. The number of amides is 1. The first kappa shape index (κ1) is 20.1. The number of anilines is 1. The van der Waals surface area contributed by atoms with Gasteiger partial charge in [0.05, 0.1) is 17.7 Å². The van der Waals surface area contributed by atoms with Gasteiger partial charge in [0.1, 0.15) is 23.1 Å². The summed E-state index contributed by atoms with van der Waals surface area (Å²) >= 11 is 6.67. The molecule has 3 aromatic rings. The Labute approximate surface area is 182 Å². The van der Waals surface area contributed by atoms with E-state index in [4.69, 9.17) is 21.7 Å².